The maximum atomic E-state index is 12.6. The first-order valence-electron chi connectivity index (χ1n) is 7.86. The number of carbonyl (C=O) groups excluding carboxylic acids is 2. The Balaban J connectivity index is 2.08. The van der Waals surface area contributed by atoms with Gasteiger partial charge in [-0.2, -0.15) is 0 Å². The number of carbonyl (C=O) groups is 2. The van der Waals surface area contributed by atoms with Crippen LogP contribution in [0.4, 0.5) is 0 Å². The number of rotatable bonds is 8. The lowest BCUT2D eigenvalue weighted by Gasteiger charge is -2.22. The van der Waals surface area contributed by atoms with Crippen LogP contribution < -0.4 is 0 Å². The highest BCUT2D eigenvalue weighted by molar-refractivity contribution is 5.94. The number of esters is 1. The van der Waals surface area contributed by atoms with Gasteiger partial charge >= 0.3 is 5.97 Å². The summed E-state index contributed by atoms with van der Waals surface area (Å²) in [5, 5.41) is 9.00. The van der Waals surface area contributed by atoms with E-state index in [0.29, 0.717) is 18.5 Å². The van der Waals surface area contributed by atoms with Crippen molar-refractivity contribution >= 4 is 11.9 Å². The first-order chi connectivity index (χ1) is 11.7. The molecule has 1 aromatic heterocycles. The first-order valence-corrected chi connectivity index (χ1v) is 7.86. The average molecular weight is 330 g/mol. The molecule has 0 aliphatic heterocycles. The third kappa shape index (κ3) is 4.70. The summed E-state index contributed by atoms with van der Waals surface area (Å²) < 4.78 is 6.57. The van der Waals surface area contributed by atoms with Crippen LogP contribution in [0.3, 0.4) is 0 Å². The van der Waals surface area contributed by atoms with Gasteiger partial charge in [0, 0.05) is 43.3 Å². The summed E-state index contributed by atoms with van der Waals surface area (Å²) in [5.74, 6) is -0.522. The molecule has 1 aromatic carbocycles. The van der Waals surface area contributed by atoms with Crippen molar-refractivity contribution in [3.05, 3.63) is 54.4 Å². The molecule has 0 bridgehead atoms. The second-order valence-corrected chi connectivity index (χ2v) is 5.33. The first kappa shape index (κ1) is 17.7. The van der Waals surface area contributed by atoms with Crippen LogP contribution in [0.5, 0.6) is 0 Å². The second kappa shape index (κ2) is 8.88. The van der Waals surface area contributed by atoms with E-state index in [2.05, 4.69) is 4.74 Å². The van der Waals surface area contributed by atoms with E-state index in [1.165, 1.54) is 7.11 Å². The monoisotopic (exact) mass is 330 g/mol. The quantitative estimate of drug-likeness (QED) is 0.750. The van der Waals surface area contributed by atoms with Crippen LogP contribution in [0.2, 0.25) is 0 Å². The third-order valence-electron chi connectivity index (χ3n) is 3.70. The Morgan fingerprint density at radius 2 is 1.79 bits per heavy atom. The predicted octanol–water partition coefficient (Wildman–Crippen LogP) is 1.86. The fraction of sp³-hybridized carbons (Fsp3) is 0.333. The number of nitrogens with zero attached hydrogens (tertiary/aromatic N) is 2. The predicted molar refractivity (Wildman–Crippen MR) is 90.0 cm³/mol. The van der Waals surface area contributed by atoms with E-state index in [0.717, 1.165) is 5.69 Å². The molecule has 0 atom stereocenters. The Morgan fingerprint density at radius 1 is 1.12 bits per heavy atom. The van der Waals surface area contributed by atoms with Crippen molar-refractivity contribution in [3.8, 4) is 5.69 Å². The molecule has 0 fully saturated rings. The highest BCUT2D eigenvalue weighted by Crippen LogP contribution is 2.12. The molecule has 0 saturated heterocycles. The number of ether oxygens (including phenoxy) is 1. The van der Waals surface area contributed by atoms with Gasteiger partial charge in [-0.3, -0.25) is 9.59 Å². The van der Waals surface area contributed by atoms with Crippen LogP contribution in [0.1, 0.15) is 23.2 Å². The van der Waals surface area contributed by atoms with Gasteiger partial charge in [-0.1, -0.05) is 0 Å². The largest absolute Gasteiger partial charge is 0.469 e. The molecule has 0 aliphatic carbocycles. The minimum Gasteiger partial charge on any atom is -0.469 e. The number of aromatic nitrogens is 1. The SMILES string of the molecule is COC(=O)CCN(CCCO)C(=O)c1ccc(-n2cccc2)cc1. The molecule has 1 heterocycles. The molecule has 2 aromatic rings. The summed E-state index contributed by atoms with van der Waals surface area (Å²) >= 11 is 0. The number of methoxy groups -OCH3 is 1. The topological polar surface area (TPSA) is 71.8 Å². The van der Waals surface area contributed by atoms with Gasteiger partial charge in [0.25, 0.3) is 5.91 Å². The lowest BCUT2D eigenvalue weighted by Crippen LogP contribution is -2.34. The lowest BCUT2D eigenvalue weighted by molar-refractivity contribution is -0.140. The molecule has 0 radical (unpaired) electrons. The zero-order valence-electron chi connectivity index (χ0n) is 13.7. The van der Waals surface area contributed by atoms with Gasteiger partial charge in [0.2, 0.25) is 0 Å². The zero-order chi connectivity index (χ0) is 17.4. The van der Waals surface area contributed by atoms with Crippen LogP contribution in [0.15, 0.2) is 48.8 Å². The molecular formula is C18H22N2O4. The minimum absolute atomic E-state index is 0.00539. The number of hydrogen-bond acceptors (Lipinski definition) is 4. The van der Waals surface area contributed by atoms with Gasteiger partial charge in [-0.25, -0.2) is 0 Å². The molecule has 1 N–H and O–H groups in total. The van der Waals surface area contributed by atoms with Crippen molar-refractivity contribution in [2.24, 2.45) is 0 Å². The van der Waals surface area contributed by atoms with Crippen molar-refractivity contribution in [1.82, 2.24) is 9.47 Å². The second-order valence-electron chi connectivity index (χ2n) is 5.33. The van der Waals surface area contributed by atoms with E-state index in [9.17, 15) is 9.59 Å². The highest BCUT2D eigenvalue weighted by atomic mass is 16.5. The van der Waals surface area contributed by atoms with Crippen molar-refractivity contribution in [2.75, 3.05) is 26.8 Å². The molecule has 1 amide bonds. The van der Waals surface area contributed by atoms with Gasteiger partial charge < -0.3 is 19.3 Å². The van der Waals surface area contributed by atoms with Crippen LogP contribution in [0, 0.1) is 0 Å². The maximum Gasteiger partial charge on any atom is 0.307 e. The van der Waals surface area contributed by atoms with Crippen molar-refractivity contribution in [2.45, 2.75) is 12.8 Å². The van der Waals surface area contributed by atoms with E-state index in [-0.39, 0.29) is 31.4 Å². The average Bonchev–Trinajstić information content (AvgIpc) is 3.16. The number of benzene rings is 1. The molecule has 6 heteroatoms. The lowest BCUT2D eigenvalue weighted by atomic mass is 10.1. The summed E-state index contributed by atoms with van der Waals surface area (Å²) in [4.78, 5) is 25.5. The molecule has 2 rings (SSSR count). The third-order valence-corrected chi connectivity index (χ3v) is 3.70. The summed E-state index contributed by atoms with van der Waals surface area (Å²) in [7, 11) is 1.32. The molecule has 6 nitrogen and oxygen atoms in total. The number of amides is 1. The Bertz CT molecular complexity index is 650. The van der Waals surface area contributed by atoms with Crippen molar-refractivity contribution in [3.63, 3.8) is 0 Å². The summed E-state index contributed by atoms with van der Waals surface area (Å²) in [6.45, 7) is 0.658. The smallest absolute Gasteiger partial charge is 0.307 e. The Hall–Kier alpha value is -2.60. The molecule has 24 heavy (non-hydrogen) atoms. The van der Waals surface area contributed by atoms with Crippen LogP contribution in [-0.2, 0) is 9.53 Å². The highest BCUT2D eigenvalue weighted by Gasteiger charge is 2.17. The standard InChI is InChI=1S/C18H22N2O4/c1-24-17(22)9-13-20(12-4-14-21)18(23)15-5-7-16(8-6-15)19-10-2-3-11-19/h2-3,5-8,10-11,21H,4,9,12-14H2,1H3. The molecule has 0 unspecified atom stereocenters. The molecular weight excluding hydrogens is 308 g/mol. The maximum absolute atomic E-state index is 12.6. The van der Waals surface area contributed by atoms with E-state index in [1.54, 1.807) is 17.0 Å². The summed E-state index contributed by atoms with van der Waals surface area (Å²) in [5.41, 5.74) is 1.52. The van der Waals surface area contributed by atoms with E-state index >= 15 is 0 Å². The van der Waals surface area contributed by atoms with Gasteiger partial charge in [-0.15, -0.1) is 0 Å². The summed E-state index contributed by atoms with van der Waals surface area (Å²) in [6.07, 6.45) is 4.46. The molecule has 0 aliphatic rings. The van der Waals surface area contributed by atoms with E-state index in [1.807, 2.05) is 41.2 Å². The molecule has 0 saturated carbocycles. The van der Waals surface area contributed by atoms with Crippen LogP contribution in [-0.4, -0.2) is 53.3 Å². The van der Waals surface area contributed by atoms with Crippen LogP contribution in [0.25, 0.3) is 5.69 Å². The number of aliphatic hydroxyl groups is 1. The molecule has 128 valence electrons. The van der Waals surface area contributed by atoms with E-state index in [4.69, 9.17) is 5.11 Å². The Labute approximate surface area is 141 Å². The molecule has 0 spiro atoms. The van der Waals surface area contributed by atoms with Gasteiger partial charge in [0.15, 0.2) is 0 Å². The fourth-order valence-corrected chi connectivity index (χ4v) is 2.37. The van der Waals surface area contributed by atoms with E-state index < -0.39 is 0 Å². The van der Waals surface area contributed by atoms with Gasteiger partial charge in [0.05, 0.1) is 13.5 Å². The normalized spacial score (nSPS) is 10.4. The summed E-state index contributed by atoms with van der Waals surface area (Å²) in [6, 6.07) is 11.1. The van der Waals surface area contributed by atoms with Crippen molar-refractivity contribution < 1.29 is 19.4 Å². The van der Waals surface area contributed by atoms with Crippen LogP contribution >= 0.6 is 0 Å². The Kier molecular flexibility index (Phi) is 6.57. The zero-order valence-corrected chi connectivity index (χ0v) is 13.7. The van der Waals surface area contributed by atoms with Gasteiger partial charge in [-0.05, 0) is 42.8 Å². The van der Waals surface area contributed by atoms with Crippen molar-refractivity contribution in [1.29, 1.82) is 0 Å². The fourth-order valence-electron chi connectivity index (χ4n) is 2.37. The number of hydrogen-bond donors (Lipinski definition) is 1. The number of aliphatic hydroxyl groups excluding tert-OH is 1. The van der Waals surface area contributed by atoms with Gasteiger partial charge in [0.1, 0.15) is 0 Å². The Morgan fingerprint density at radius 3 is 2.38 bits per heavy atom. The minimum atomic E-state index is -0.361.